The van der Waals surface area contributed by atoms with Crippen LogP contribution in [0.15, 0.2) is 34.7 Å². The van der Waals surface area contributed by atoms with Crippen molar-refractivity contribution < 1.29 is 27.9 Å². The normalized spacial score (nSPS) is 16.7. The lowest BCUT2D eigenvalue weighted by Crippen LogP contribution is -2.53. The summed E-state index contributed by atoms with van der Waals surface area (Å²) >= 11 is 6.30. The van der Waals surface area contributed by atoms with Crippen molar-refractivity contribution in [2.75, 3.05) is 45.9 Å². The molecule has 2 aliphatic rings. The number of aromatic nitrogens is 1. The van der Waals surface area contributed by atoms with Crippen molar-refractivity contribution in [2.45, 2.75) is 33.2 Å². The molecule has 5 rings (SSSR count). The number of likely N-dealkylation sites (tertiary alicyclic amines) is 1. The molecule has 2 aromatic heterocycles. The molecule has 2 saturated heterocycles. The fourth-order valence-corrected chi connectivity index (χ4v) is 5.65. The van der Waals surface area contributed by atoms with E-state index in [0.29, 0.717) is 86.8 Å². The minimum atomic E-state index is -0.439. The number of carbonyl (C=O) groups is 3. The van der Waals surface area contributed by atoms with Gasteiger partial charge in [-0.25, -0.2) is 9.18 Å². The summed E-state index contributed by atoms with van der Waals surface area (Å²) in [4.78, 5) is 43.9. The topological polar surface area (TPSA) is 88.2 Å². The number of rotatable bonds is 5. The lowest BCUT2D eigenvalue weighted by Gasteiger charge is -2.38. The molecule has 0 unspecified atom stereocenters. The highest BCUT2D eigenvalue weighted by molar-refractivity contribution is 6.31. The third-order valence-corrected chi connectivity index (χ3v) is 7.91. The van der Waals surface area contributed by atoms with Gasteiger partial charge in [-0.05, 0) is 38.8 Å². The van der Waals surface area contributed by atoms with Gasteiger partial charge < -0.3 is 28.4 Å². The zero-order valence-electron chi connectivity index (χ0n) is 22.1. The average Bonchev–Trinajstić information content (AvgIpc) is 3.46. The first-order valence-electron chi connectivity index (χ1n) is 13.3. The van der Waals surface area contributed by atoms with Gasteiger partial charge in [0.1, 0.15) is 17.3 Å². The highest BCUT2D eigenvalue weighted by atomic mass is 35.5. The maximum atomic E-state index is 14.6. The van der Waals surface area contributed by atoms with E-state index in [0.717, 1.165) is 0 Å². The predicted octanol–water partition coefficient (Wildman–Crippen LogP) is 4.54. The number of furan rings is 1. The van der Waals surface area contributed by atoms with Crippen LogP contribution in [0.25, 0.3) is 11.1 Å². The Morgan fingerprint density at radius 3 is 2.38 bits per heavy atom. The van der Waals surface area contributed by atoms with Crippen LogP contribution in [0.1, 0.15) is 41.6 Å². The molecular formula is C28H32ClFN4O5. The summed E-state index contributed by atoms with van der Waals surface area (Å²) in [5.41, 5.74) is 1.94. The van der Waals surface area contributed by atoms with E-state index in [4.69, 9.17) is 20.8 Å². The smallest absolute Gasteiger partial charge is 0.409 e. The summed E-state index contributed by atoms with van der Waals surface area (Å²) in [7, 11) is 0. The molecule has 0 aliphatic carbocycles. The zero-order chi connectivity index (χ0) is 27.7. The number of fused-ring (bicyclic) bond motifs is 1. The minimum absolute atomic E-state index is 0.0659. The highest BCUT2D eigenvalue weighted by Gasteiger charge is 2.34. The second kappa shape index (κ2) is 11.3. The Morgan fingerprint density at radius 2 is 1.72 bits per heavy atom. The summed E-state index contributed by atoms with van der Waals surface area (Å²) in [5, 5.41) is 0.290. The molecular weight excluding hydrogens is 527 g/mol. The SMILES string of the molecule is CCOC(=O)N1CCN(C(=O)C2CCN(C(=O)c3cc4oc(C)cc4n3Cc3c(F)cccc3Cl)CC2)CC1. The van der Waals surface area contributed by atoms with E-state index < -0.39 is 5.82 Å². The molecule has 2 fully saturated rings. The van der Waals surface area contributed by atoms with Gasteiger partial charge in [0.15, 0.2) is 5.58 Å². The summed E-state index contributed by atoms with van der Waals surface area (Å²) < 4.78 is 27.2. The molecule has 0 atom stereocenters. The van der Waals surface area contributed by atoms with E-state index in [2.05, 4.69) is 0 Å². The Labute approximate surface area is 231 Å². The minimum Gasteiger partial charge on any atom is -0.460 e. The number of hydrogen-bond donors (Lipinski definition) is 0. The van der Waals surface area contributed by atoms with Crippen LogP contribution in [-0.4, -0.2) is 83.0 Å². The van der Waals surface area contributed by atoms with Crippen LogP contribution in [-0.2, 0) is 16.1 Å². The summed E-state index contributed by atoms with van der Waals surface area (Å²) in [6.07, 6.45) is 0.760. The molecule has 0 bridgehead atoms. The van der Waals surface area contributed by atoms with Crippen LogP contribution in [0.5, 0.6) is 0 Å². The van der Waals surface area contributed by atoms with Crippen molar-refractivity contribution in [3.05, 3.63) is 58.2 Å². The number of hydrogen-bond acceptors (Lipinski definition) is 5. The lowest BCUT2D eigenvalue weighted by molar-refractivity contribution is -0.138. The Morgan fingerprint density at radius 1 is 1.03 bits per heavy atom. The Bertz CT molecular complexity index is 1370. The first-order chi connectivity index (χ1) is 18.8. The van der Waals surface area contributed by atoms with E-state index >= 15 is 0 Å². The van der Waals surface area contributed by atoms with Crippen molar-refractivity contribution in [3.8, 4) is 0 Å². The number of benzene rings is 1. The zero-order valence-corrected chi connectivity index (χ0v) is 22.9. The lowest BCUT2D eigenvalue weighted by atomic mass is 9.94. The maximum Gasteiger partial charge on any atom is 0.409 e. The number of ether oxygens (including phenoxy) is 1. The van der Waals surface area contributed by atoms with Gasteiger partial charge in [-0.15, -0.1) is 0 Å². The second-order valence-corrected chi connectivity index (χ2v) is 10.4. The van der Waals surface area contributed by atoms with Gasteiger partial charge in [0, 0.05) is 67.9 Å². The average molecular weight is 559 g/mol. The number of aryl methyl sites for hydroxylation is 1. The molecule has 4 heterocycles. The molecule has 3 amide bonds. The quantitative estimate of drug-likeness (QED) is 0.459. The summed E-state index contributed by atoms with van der Waals surface area (Å²) in [6.45, 7) is 6.71. The van der Waals surface area contributed by atoms with Crippen molar-refractivity contribution in [1.82, 2.24) is 19.3 Å². The molecule has 9 nitrogen and oxygen atoms in total. The third kappa shape index (κ3) is 5.48. The number of nitrogens with zero attached hydrogens (tertiary/aromatic N) is 4. The monoisotopic (exact) mass is 558 g/mol. The molecule has 0 saturated carbocycles. The van der Waals surface area contributed by atoms with Crippen LogP contribution in [0.3, 0.4) is 0 Å². The van der Waals surface area contributed by atoms with Gasteiger partial charge in [0.2, 0.25) is 5.91 Å². The Hall–Kier alpha value is -3.53. The molecule has 2 aliphatic heterocycles. The molecule has 0 spiro atoms. The Kier molecular flexibility index (Phi) is 7.83. The van der Waals surface area contributed by atoms with Crippen molar-refractivity contribution in [2.24, 2.45) is 5.92 Å². The molecule has 1 aromatic carbocycles. The predicted molar refractivity (Wildman–Crippen MR) is 143 cm³/mol. The molecule has 11 heteroatoms. The van der Waals surface area contributed by atoms with Crippen LogP contribution in [0.2, 0.25) is 5.02 Å². The molecule has 208 valence electrons. The summed E-state index contributed by atoms with van der Waals surface area (Å²) in [6, 6.07) is 8.04. The number of amides is 3. The number of piperidine rings is 1. The van der Waals surface area contributed by atoms with E-state index in [1.807, 2.05) is 13.0 Å². The first kappa shape index (κ1) is 27.1. The molecule has 39 heavy (non-hydrogen) atoms. The standard InChI is InChI=1S/C28H32ClFN4O5/c1-3-38-28(37)33-13-11-32(12-14-33)26(35)19-7-9-31(10-8-19)27(36)24-16-25-23(15-18(2)39-25)34(24)17-20-21(29)5-4-6-22(20)30/h4-6,15-16,19H,3,7-14,17H2,1-2H3. The van der Waals surface area contributed by atoms with Crippen molar-refractivity contribution >= 4 is 40.6 Å². The number of halogens is 2. The van der Waals surface area contributed by atoms with Gasteiger partial charge in [-0.2, -0.15) is 0 Å². The highest BCUT2D eigenvalue weighted by Crippen LogP contribution is 2.30. The van der Waals surface area contributed by atoms with Crippen LogP contribution < -0.4 is 0 Å². The van der Waals surface area contributed by atoms with Gasteiger partial charge in [-0.1, -0.05) is 17.7 Å². The van der Waals surface area contributed by atoms with E-state index in [9.17, 15) is 18.8 Å². The summed E-state index contributed by atoms with van der Waals surface area (Å²) in [5.74, 6) is -0.0528. The van der Waals surface area contributed by atoms with E-state index in [1.54, 1.807) is 44.4 Å². The van der Waals surface area contributed by atoms with Gasteiger partial charge in [0.25, 0.3) is 5.91 Å². The number of carbonyl (C=O) groups excluding carboxylic acids is 3. The first-order valence-corrected chi connectivity index (χ1v) is 13.7. The van der Waals surface area contributed by atoms with Crippen molar-refractivity contribution in [1.29, 1.82) is 0 Å². The van der Waals surface area contributed by atoms with Crippen LogP contribution >= 0.6 is 11.6 Å². The molecule has 0 radical (unpaired) electrons. The third-order valence-electron chi connectivity index (χ3n) is 7.56. The van der Waals surface area contributed by atoms with Gasteiger partial charge in [-0.3, -0.25) is 9.59 Å². The fourth-order valence-electron chi connectivity index (χ4n) is 5.43. The Balaban J connectivity index is 1.25. The fraction of sp³-hybridized carbons (Fsp3) is 0.464. The number of piperazine rings is 1. The molecule has 3 aromatic rings. The van der Waals surface area contributed by atoms with E-state index in [1.165, 1.54) is 6.07 Å². The largest absolute Gasteiger partial charge is 0.460 e. The van der Waals surface area contributed by atoms with Gasteiger partial charge in [0.05, 0.1) is 18.7 Å². The maximum absolute atomic E-state index is 14.6. The van der Waals surface area contributed by atoms with Crippen molar-refractivity contribution in [3.63, 3.8) is 0 Å². The second-order valence-electron chi connectivity index (χ2n) is 10.0. The van der Waals surface area contributed by atoms with Crippen LogP contribution in [0, 0.1) is 18.7 Å². The molecule has 0 N–H and O–H groups in total. The van der Waals surface area contributed by atoms with Crippen LogP contribution in [0.4, 0.5) is 9.18 Å². The van der Waals surface area contributed by atoms with E-state index in [-0.39, 0.29) is 35.4 Å². The van der Waals surface area contributed by atoms with Gasteiger partial charge >= 0.3 is 6.09 Å².